The first-order chi connectivity index (χ1) is 10.2. The van der Waals surface area contributed by atoms with Crippen molar-refractivity contribution in [1.29, 1.82) is 0 Å². The maximum absolute atomic E-state index is 12.4. The van der Waals surface area contributed by atoms with Crippen LogP contribution in [0.15, 0.2) is 53.2 Å². The van der Waals surface area contributed by atoms with Crippen LogP contribution in [0.5, 0.6) is 0 Å². The number of nitrogens with zero attached hydrogens (tertiary/aromatic N) is 1. The van der Waals surface area contributed by atoms with E-state index in [4.69, 9.17) is 4.42 Å². The Kier molecular flexibility index (Phi) is 3.91. The van der Waals surface area contributed by atoms with Crippen molar-refractivity contribution < 1.29 is 9.21 Å². The molecule has 1 heterocycles. The van der Waals surface area contributed by atoms with Crippen LogP contribution in [0.4, 0.5) is 0 Å². The summed E-state index contributed by atoms with van der Waals surface area (Å²) in [6.45, 7) is 2.60. The lowest BCUT2D eigenvalue weighted by atomic mass is 10.1. The normalized spacial score (nSPS) is 14.5. The third-order valence-electron chi connectivity index (χ3n) is 3.64. The van der Waals surface area contributed by atoms with Crippen molar-refractivity contribution in [2.45, 2.75) is 32.4 Å². The maximum atomic E-state index is 12.4. The number of benzene rings is 1. The summed E-state index contributed by atoms with van der Waals surface area (Å²) in [4.78, 5) is 14.3. The van der Waals surface area contributed by atoms with Gasteiger partial charge in [0.2, 0.25) is 5.91 Å². The van der Waals surface area contributed by atoms with Gasteiger partial charge in [0.25, 0.3) is 0 Å². The average molecular weight is 281 g/mol. The zero-order valence-electron chi connectivity index (χ0n) is 12.2. The summed E-state index contributed by atoms with van der Waals surface area (Å²) in [6.07, 6.45) is 7.37. The zero-order valence-corrected chi connectivity index (χ0v) is 12.2. The maximum Gasteiger partial charge on any atom is 0.247 e. The molecular formula is C18H19NO2. The molecule has 3 heteroatoms. The van der Waals surface area contributed by atoms with Gasteiger partial charge in [-0.15, -0.1) is 0 Å². The van der Waals surface area contributed by atoms with E-state index in [0.29, 0.717) is 12.6 Å². The van der Waals surface area contributed by atoms with Crippen LogP contribution in [-0.4, -0.2) is 16.8 Å². The average Bonchev–Trinajstić information content (AvgIpc) is 3.19. The molecular weight excluding hydrogens is 262 g/mol. The smallest absolute Gasteiger partial charge is 0.247 e. The molecule has 3 rings (SSSR count). The van der Waals surface area contributed by atoms with E-state index >= 15 is 0 Å². The molecule has 0 atom stereocenters. The van der Waals surface area contributed by atoms with Gasteiger partial charge in [-0.05, 0) is 43.5 Å². The van der Waals surface area contributed by atoms with Crippen molar-refractivity contribution >= 4 is 12.0 Å². The Labute approximate surface area is 124 Å². The second-order valence-electron chi connectivity index (χ2n) is 5.52. The van der Waals surface area contributed by atoms with E-state index in [-0.39, 0.29) is 5.91 Å². The summed E-state index contributed by atoms with van der Waals surface area (Å²) < 4.78 is 5.35. The number of aryl methyl sites for hydroxylation is 1. The number of rotatable bonds is 5. The van der Waals surface area contributed by atoms with Crippen LogP contribution < -0.4 is 0 Å². The van der Waals surface area contributed by atoms with Crippen LogP contribution in [-0.2, 0) is 11.3 Å². The predicted octanol–water partition coefficient (Wildman–Crippen LogP) is 3.79. The third kappa shape index (κ3) is 3.63. The quantitative estimate of drug-likeness (QED) is 0.781. The fourth-order valence-electron chi connectivity index (χ4n) is 2.38. The number of furan rings is 1. The summed E-state index contributed by atoms with van der Waals surface area (Å²) >= 11 is 0. The minimum Gasteiger partial charge on any atom is -0.467 e. The Morgan fingerprint density at radius 2 is 2.19 bits per heavy atom. The highest BCUT2D eigenvalue weighted by Crippen LogP contribution is 2.28. The first-order valence-electron chi connectivity index (χ1n) is 7.30. The summed E-state index contributed by atoms with van der Waals surface area (Å²) in [5.41, 5.74) is 2.25. The van der Waals surface area contributed by atoms with Gasteiger partial charge in [0.1, 0.15) is 5.76 Å². The second kappa shape index (κ2) is 6.00. The van der Waals surface area contributed by atoms with Gasteiger partial charge in [0.05, 0.1) is 12.8 Å². The van der Waals surface area contributed by atoms with E-state index in [9.17, 15) is 4.79 Å². The van der Waals surface area contributed by atoms with Crippen LogP contribution in [0.2, 0.25) is 0 Å². The van der Waals surface area contributed by atoms with Crippen LogP contribution in [0.25, 0.3) is 6.08 Å². The highest BCUT2D eigenvalue weighted by molar-refractivity contribution is 5.92. The monoisotopic (exact) mass is 281 g/mol. The molecule has 0 aliphatic heterocycles. The van der Waals surface area contributed by atoms with Gasteiger partial charge < -0.3 is 9.32 Å². The summed E-state index contributed by atoms with van der Waals surface area (Å²) in [7, 11) is 0. The highest BCUT2D eigenvalue weighted by atomic mass is 16.3. The number of carbonyl (C=O) groups is 1. The van der Waals surface area contributed by atoms with Gasteiger partial charge in [0.15, 0.2) is 0 Å². The predicted molar refractivity (Wildman–Crippen MR) is 82.5 cm³/mol. The molecule has 1 amide bonds. The number of amides is 1. The van der Waals surface area contributed by atoms with Gasteiger partial charge in [-0.25, -0.2) is 0 Å². The minimum atomic E-state index is 0.0513. The van der Waals surface area contributed by atoms with E-state index in [1.54, 1.807) is 12.3 Å². The van der Waals surface area contributed by atoms with Crippen LogP contribution in [0.3, 0.4) is 0 Å². The molecule has 1 fully saturated rings. The lowest BCUT2D eigenvalue weighted by Gasteiger charge is -2.19. The molecule has 21 heavy (non-hydrogen) atoms. The largest absolute Gasteiger partial charge is 0.467 e. The first kappa shape index (κ1) is 13.7. The van der Waals surface area contributed by atoms with E-state index < -0.39 is 0 Å². The standard InChI is InChI=1S/C18H19NO2/c1-14-4-2-5-15(12-14)7-10-18(20)19(16-8-9-16)13-17-6-3-11-21-17/h2-7,10-12,16H,8-9,13H2,1H3. The van der Waals surface area contributed by atoms with Gasteiger partial charge in [-0.3, -0.25) is 4.79 Å². The molecule has 108 valence electrons. The van der Waals surface area contributed by atoms with E-state index in [1.807, 2.05) is 48.2 Å². The summed E-state index contributed by atoms with van der Waals surface area (Å²) in [6, 6.07) is 12.3. The van der Waals surface area contributed by atoms with Crippen LogP contribution >= 0.6 is 0 Å². The molecule has 1 aliphatic rings. The van der Waals surface area contributed by atoms with Crippen molar-refractivity contribution in [3.8, 4) is 0 Å². The topological polar surface area (TPSA) is 33.5 Å². The Hall–Kier alpha value is -2.29. The number of hydrogen-bond acceptors (Lipinski definition) is 2. The number of carbonyl (C=O) groups excluding carboxylic acids is 1. The van der Waals surface area contributed by atoms with Crippen molar-refractivity contribution in [2.24, 2.45) is 0 Å². The van der Waals surface area contributed by atoms with Crippen molar-refractivity contribution in [3.05, 3.63) is 65.6 Å². The van der Waals surface area contributed by atoms with Gasteiger partial charge in [0, 0.05) is 12.1 Å². The Morgan fingerprint density at radius 1 is 1.33 bits per heavy atom. The fourth-order valence-corrected chi connectivity index (χ4v) is 2.38. The zero-order chi connectivity index (χ0) is 14.7. The van der Waals surface area contributed by atoms with E-state index in [1.165, 1.54) is 5.56 Å². The van der Waals surface area contributed by atoms with Gasteiger partial charge in [-0.1, -0.05) is 29.8 Å². The molecule has 0 radical (unpaired) electrons. The lowest BCUT2D eigenvalue weighted by molar-refractivity contribution is -0.127. The molecule has 0 N–H and O–H groups in total. The van der Waals surface area contributed by atoms with E-state index in [0.717, 1.165) is 24.2 Å². The molecule has 2 aromatic rings. The molecule has 0 unspecified atom stereocenters. The van der Waals surface area contributed by atoms with Crippen LogP contribution in [0, 0.1) is 6.92 Å². The Bertz CT molecular complexity index is 639. The summed E-state index contributed by atoms with van der Waals surface area (Å²) in [5.74, 6) is 0.884. The van der Waals surface area contributed by atoms with E-state index in [2.05, 4.69) is 6.07 Å². The van der Waals surface area contributed by atoms with Crippen LogP contribution in [0.1, 0.15) is 29.7 Å². The summed E-state index contributed by atoms with van der Waals surface area (Å²) in [5, 5.41) is 0. The molecule has 1 saturated carbocycles. The second-order valence-corrected chi connectivity index (χ2v) is 5.52. The molecule has 1 aromatic heterocycles. The SMILES string of the molecule is Cc1cccc(C=CC(=O)N(Cc2ccco2)C2CC2)c1. The minimum absolute atomic E-state index is 0.0513. The Balaban J connectivity index is 1.69. The molecule has 0 spiro atoms. The number of hydrogen-bond donors (Lipinski definition) is 0. The van der Waals surface area contributed by atoms with Gasteiger partial charge >= 0.3 is 0 Å². The molecule has 1 aromatic carbocycles. The Morgan fingerprint density at radius 3 is 2.86 bits per heavy atom. The fraction of sp³-hybridized carbons (Fsp3) is 0.278. The van der Waals surface area contributed by atoms with Crippen molar-refractivity contribution in [3.63, 3.8) is 0 Å². The first-order valence-corrected chi connectivity index (χ1v) is 7.30. The van der Waals surface area contributed by atoms with Crippen molar-refractivity contribution in [2.75, 3.05) is 0 Å². The molecule has 0 saturated heterocycles. The molecule has 3 nitrogen and oxygen atoms in total. The van der Waals surface area contributed by atoms with Gasteiger partial charge in [-0.2, -0.15) is 0 Å². The highest BCUT2D eigenvalue weighted by Gasteiger charge is 2.32. The van der Waals surface area contributed by atoms with Crippen molar-refractivity contribution in [1.82, 2.24) is 4.90 Å². The lowest BCUT2D eigenvalue weighted by Crippen LogP contribution is -2.30. The third-order valence-corrected chi connectivity index (χ3v) is 3.64. The molecule has 1 aliphatic carbocycles. The molecule has 0 bridgehead atoms.